The highest BCUT2D eigenvalue weighted by Gasteiger charge is 2.39. The molecular weight excluding hydrogens is 436 g/mol. The van der Waals surface area contributed by atoms with Crippen LogP contribution in [0.3, 0.4) is 0 Å². The summed E-state index contributed by atoms with van der Waals surface area (Å²) in [6, 6.07) is 13.7. The van der Waals surface area contributed by atoms with Crippen LogP contribution in [0.25, 0.3) is 11.3 Å². The van der Waals surface area contributed by atoms with E-state index in [-0.39, 0.29) is 24.2 Å². The molecule has 6 nitrogen and oxygen atoms in total. The molecule has 1 saturated heterocycles. The van der Waals surface area contributed by atoms with E-state index in [0.29, 0.717) is 24.7 Å². The van der Waals surface area contributed by atoms with Crippen LogP contribution in [0.1, 0.15) is 35.7 Å². The first kappa shape index (κ1) is 21.7. The van der Waals surface area contributed by atoms with E-state index in [4.69, 9.17) is 11.6 Å². The van der Waals surface area contributed by atoms with Crippen molar-refractivity contribution in [3.63, 3.8) is 0 Å². The second kappa shape index (κ2) is 8.67. The molecule has 1 fully saturated rings. The van der Waals surface area contributed by atoms with Crippen molar-refractivity contribution in [2.24, 2.45) is 5.92 Å². The molecule has 1 N–H and O–H groups in total. The Kier molecular flexibility index (Phi) is 5.71. The number of aromatic nitrogens is 2. The Morgan fingerprint density at radius 1 is 1.21 bits per heavy atom. The first-order chi connectivity index (χ1) is 16.0. The summed E-state index contributed by atoms with van der Waals surface area (Å²) < 4.78 is 0. The van der Waals surface area contributed by atoms with Crippen LogP contribution in [0, 0.1) is 12.8 Å². The normalized spacial score (nSPS) is 18.0. The Labute approximate surface area is 198 Å². The molecule has 1 aromatic heterocycles. The highest BCUT2D eigenvalue weighted by Crippen LogP contribution is 2.34. The molecule has 1 unspecified atom stereocenters. The van der Waals surface area contributed by atoms with E-state index in [1.165, 1.54) is 0 Å². The topological polar surface area (TPSA) is 69.3 Å². The van der Waals surface area contributed by atoms with Crippen molar-refractivity contribution in [1.82, 2.24) is 15.1 Å². The number of nitrogens with one attached hydrogen (secondary N) is 1. The molecule has 0 radical (unpaired) electrons. The van der Waals surface area contributed by atoms with Gasteiger partial charge in [-0.2, -0.15) is 5.10 Å². The number of amides is 2. The number of para-hydroxylation sites is 1. The number of carbonyl (C=O) groups is 2. The molecule has 3 aromatic rings. The van der Waals surface area contributed by atoms with E-state index in [2.05, 4.69) is 23.2 Å². The molecule has 3 heterocycles. The predicted octanol–water partition coefficient (Wildman–Crippen LogP) is 4.54. The SMILES string of the molecule is CCc1cccc(C)c1N1CC(C(=O)N2CCc3[nH]nc(-c4ccc(Cl)cc4)c3C2)CC1=O. The molecule has 0 saturated carbocycles. The Bertz CT molecular complexity index is 1220. The zero-order chi connectivity index (χ0) is 23.1. The number of carbonyl (C=O) groups excluding carboxylic acids is 2. The molecule has 2 aliphatic rings. The zero-order valence-electron chi connectivity index (χ0n) is 18.9. The third-order valence-electron chi connectivity index (χ3n) is 6.81. The summed E-state index contributed by atoms with van der Waals surface area (Å²) in [5.41, 5.74) is 7.14. The molecule has 170 valence electrons. The molecule has 0 bridgehead atoms. The number of benzene rings is 2. The van der Waals surface area contributed by atoms with Crippen molar-refractivity contribution >= 4 is 29.1 Å². The van der Waals surface area contributed by atoms with Crippen LogP contribution in [0.15, 0.2) is 42.5 Å². The minimum Gasteiger partial charge on any atom is -0.338 e. The van der Waals surface area contributed by atoms with Crippen molar-refractivity contribution in [3.8, 4) is 11.3 Å². The predicted molar refractivity (Wildman–Crippen MR) is 129 cm³/mol. The lowest BCUT2D eigenvalue weighted by Gasteiger charge is -2.29. The number of hydrogen-bond donors (Lipinski definition) is 1. The average molecular weight is 463 g/mol. The van der Waals surface area contributed by atoms with Crippen LogP contribution in [-0.4, -0.2) is 40.0 Å². The second-order valence-corrected chi connectivity index (χ2v) is 9.32. The number of rotatable bonds is 4. The minimum absolute atomic E-state index is 0.0280. The highest BCUT2D eigenvalue weighted by molar-refractivity contribution is 6.30. The lowest BCUT2D eigenvalue weighted by atomic mass is 9.99. The molecule has 2 amide bonds. The standard InChI is InChI=1S/C26H27ClN4O2/c1-3-17-6-4-5-16(2)25(17)31-14-19(13-23(31)32)26(33)30-12-11-22-21(15-30)24(29-28-22)18-7-9-20(27)10-8-18/h4-10,19H,3,11-15H2,1-2H3,(H,28,29). The molecule has 33 heavy (non-hydrogen) atoms. The lowest BCUT2D eigenvalue weighted by Crippen LogP contribution is -2.40. The van der Waals surface area contributed by atoms with Crippen LogP contribution < -0.4 is 4.90 Å². The number of aryl methyl sites for hydroxylation is 2. The van der Waals surface area contributed by atoms with Crippen LogP contribution in [0.5, 0.6) is 0 Å². The monoisotopic (exact) mass is 462 g/mol. The molecule has 0 spiro atoms. The van der Waals surface area contributed by atoms with E-state index in [0.717, 1.165) is 52.2 Å². The van der Waals surface area contributed by atoms with Gasteiger partial charge in [0.2, 0.25) is 11.8 Å². The maximum Gasteiger partial charge on any atom is 0.228 e. The maximum atomic E-state index is 13.5. The summed E-state index contributed by atoms with van der Waals surface area (Å²) in [6.07, 6.45) is 1.83. The maximum absolute atomic E-state index is 13.5. The number of halogens is 1. The van der Waals surface area contributed by atoms with E-state index >= 15 is 0 Å². The van der Waals surface area contributed by atoms with Gasteiger partial charge in [0.15, 0.2) is 0 Å². The number of aromatic amines is 1. The molecule has 5 rings (SSSR count). The van der Waals surface area contributed by atoms with Crippen molar-refractivity contribution in [1.29, 1.82) is 0 Å². The number of nitrogens with zero attached hydrogens (tertiary/aromatic N) is 3. The minimum atomic E-state index is -0.325. The van der Waals surface area contributed by atoms with Crippen LogP contribution in [0.2, 0.25) is 5.02 Å². The van der Waals surface area contributed by atoms with Gasteiger partial charge in [-0.25, -0.2) is 0 Å². The summed E-state index contributed by atoms with van der Waals surface area (Å²) in [7, 11) is 0. The van der Waals surface area contributed by atoms with E-state index in [1.807, 2.05) is 53.1 Å². The lowest BCUT2D eigenvalue weighted by molar-refractivity contribution is -0.136. The second-order valence-electron chi connectivity index (χ2n) is 8.89. The smallest absolute Gasteiger partial charge is 0.228 e. The molecule has 0 aliphatic carbocycles. The van der Waals surface area contributed by atoms with E-state index < -0.39 is 0 Å². The van der Waals surface area contributed by atoms with Crippen molar-refractivity contribution in [3.05, 3.63) is 69.9 Å². The Balaban J connectivity index is 1.36. The fraction of sp³-hybridized carbons (Fsp3) is 0.346. The van der Waals surface area contributed by atoms with Crippen LogP contribution >= 0.6 is 11.6 Å². The van der Waals surface area contributed by atoms with E-state index in [1.54, 1.807) is 0 Å². The largest absolute Gasteiger partial charge is 0.338 e. The fourth-order valence-corrected chi connectivity index (χ4v) is 5.19. The van der Waals surface area contributed by atoms with Crippen molar-refractivity contribution in [2.45, 2.75) is 39.7 Å². The Hall–Kier alpha value is -3.12. The van der Waals surface area contributed by atoms with Gasteiger partial charge in [-0.1, -0.05) is 48.9 Å². The first-order valence-corrected chi connectivity index (χ1v) is 11.8. The van der Waals surface area contributed by atoms with Gasteiger partial charge in [-0.3, -0.25) is 14.7 Å². The number of fused-ring (bicyclic) bond motifs is 1. The number of H-pyrrole nitrogens is 1. The summed E-state index contributed by atoms with van der Waals surface area (Å²) >= 11 is 6.04. The van der Waals surface area contributed by atoms with Gasteiger partial charge in [0.25, 0.3) is 0 Å². The number of anilines is 1. The van der Waals surface area contributed by atoms with Crippen molar-refractivity contribution in [2.75, 3.05) is 18.0 Å². The highest BCUT2D eigenvalue weighted by atomic mass is 35.5. The summed E-state index contributed by atoms with van der Waals surface area (Å²) in [5.74, 6) is -0.249. The molecular formula is C26H27ClN4O2. The van der Waals surface area contributed by atoms with Crippen molar-refractivity contribution < 1.29 is 9.59 Å². The third kappa shape index (κ3) is 3.93. The van der Waals surface area contributed by atoms with Gasteiger partial charge in [-0.15, -0.1) is 0 Å². The van der Waals surface area contributed by atoms with E-state index in [9.17, 15) is 9.59 Å². The molecule has 2 aliphatic heterocycles. The summed E-state index contributed by atoms with van der Waals surface area (Å²) in [6.45, 7) is 5.69. The van der Waals surface area contributed by atoms with Gasteiger partial charge in [0.05, 0.1) is 11.6 Å². The fourth-order valence-electron chi connectivity index (χ4n) is 5.07. The summed E-state index contributed by atoms with van der Waals surface area (Å²) in [5, 5.41) is 8.33. The van der Waals surface area contributed by atoms with Crippen LogP contribution in [0.4, 0.5) is 5.69 Å². The Morgan fingerprint density at radius 2 is 2.00 bits per heavy atom. The average Bonchev–Trinajstić information content (AvgIpc) is 3.42. The van der Waals surface area contributed by atoms with Gasteiger partial charge in [0.1, 0.15) is 0 Å². The van der Waals surface area contributed by atoms with Gasteiger partial charge >= 0.3 is 0 Å². The van der Waals surface area contributed by atoms with Gasteiger partial charge in [-0.05, 0) is 36.6 Å². The molecule has 7 heteroatoms. The quantitative estimate of drug-likeness (QED) is 0.618. The Morgan fingerprint density at radius 3 is 2.76 bits per heavy atom. The van der Waals surface area contributed by atoms with Crippen LogP contribution in [-0.2, 0) is 29.0 Å². The first-order valence-electron chi connectivity index (χ1n) is 11.5. The summed E-state index contributed by atoms with van der Waals surface area (Å²) in [4.78, 5) is 30.1. The third-order valence-corrected chi connectivity index (χ3v) is 7.06. The molecule has 1 atom stereocenters. The van der Waals surface area contributed by atoms with Gasteiger partial charge < -0.3 is 9.80 Å². The van der Waals surface area contributed by atoms with Gasteiger partial charge in [0, 0.05) is 60.0 Å². The number of hydrogen-bond acceptors (Lipinski definition) is 3. The zero-order valence-corrected chi connectivity index (χ0v) is 19.7. The molecule has 2 aromatic carbocycles.